The molecule has 124 valence electrons. The summed E-state index contributed by atoms with van der Waals surface area (Å²) < 4.78 is 11.6. The van der Waals surface area contributed by atoms with Gasteiger partial charge in [0.2, 0.25) is 0 Å². The Hall–Kier alpha value is -0.160. The summed E-state index contributed by atoms with van der Waals surface area (Å²) in [7, 11) is 0. The predicted octanol–water partition coefficient (Wildman–Crippen LogP) is 3.15. The number of hydrogen-bond donors (Lipinski definition) is 2. The molecule has 0 saturated carbocycles. The van der Waals surface area contributed by atoms with Crippen LogP contribution >= 0.6 is 0 Å². The zero-order valence-corrected chi connectivity index (χ0v) is 13.7. The first-order valence-corrected chi connectivity index (χ1v) is 8.97. The molecule has 3 unspecified atom stereocenters. The van der Waals surface area contributed by atoms with E-state index < -0.39 is 0 Å². The third-order valence-corrected chi connectivity index (χ3v) is 5.25. The fraction of sp³-hybridized carbons (Fsp3) is 1.00. The molecule has 0 aromatic carbocycles. The number of ether oxygens (including phenoxy) is 2. The molecule has 2 aliphatic rings. The average Bonchev–Trinajstić information content (AvgIpc) is 2.94. The van der Waals surface area contributed by atoms with Gasteiger partial charge in [0.15, 0.2) is 0 Å². The molecular formula is C17H34N2O2. The van der Waals surface area contributed by atoms with Gasteiger partial charge in [0.25, 0.3) is 0 Å². The van der Waals surface area contributed by atoms with E-state index >= 15 is 0 Å². The molecule has 3 atom stereocenters. The number of hydrazine groups is 1. The van der Waals surface area contributed by atoms with Crippen LogP contribution in [0, 0.1) is 5.92 Å². The van der Waals surface area contributed by atoms with Gasteiger partial charge < -0.3 is 9.47 Å². The van der Waals surface area contributed by atoms with Crippen LogP contribution in [-0.2, 0) is 9.47 Å². The quantitative estimate of drug-likeness (QED) is 0.390. The van der Waals surface area contributed by atoms with Crippen molar-refractivity contribution in [1.29, 1.82) is 0 Å². The molecule has 2 fully saturated rings. The topological polar surface area (TPSA) is 56.5 Å². The molecule has 0 amide bonds. The minimum absolute atomic E-state index is 0.000851. The number of unbranched alkanes of at least 4 members (excludes halogenated alkanes) is 5. The fourth-order valence-electron chi connectivity index (χ4n) is 3.87. The minimum Gasteiger partial charge on any atom is -0.378 e. The maximum absolute atomic E-state index is 6.03. The smallest absolute Gasteiger partial charge is 0.0939 e. The largest absolute Gasteiger partial charge is 0.378 e. The van der Waals surface area contributed by atoms with Gasteiger partial charge in [0.05, 0.1) is 12.2 Å². The molecule has 1 spiro atoms. The lowest BCUT2D eigenvalue weighted by Crippen LogP contribution is -2.49. The summed E-state index contributed by atoms with van der Waals surface area (Å²) >= 11 is 0. The molecule has 0 radical (unpaired) electrons. The van der Waals surface area contributed by atoms with Gasteiger partial charge in [-0.2, -0.15) is 0 Å². The Morgan fingerprint density at radius 2 is 2.00 bits per heavy atom. The summed E-state index contributed by atoms with van der Waals surface area (Å²) in [4.78, 5) is 0. The van der Waals surface area contributed by atoms with Gasteiger partial charge in [-0.05, 0) is 25.2 Å². The monoisotopic (exact) mass is 298 g/mol. The molecular weight excluding hydrogens is 264 g/mol. The molecule has 2 saturated heterocycles. The van der Waals surface area contributed by atoms with Gasteiger partial charge in [-0.25, -0.2) is 0 Å². The second-order valence-electron chi connectivity index (χ2n) is 6.92. The Labute approximate surface area is 130 Å². The van der Waals surface area contributed by atoms with Crippen LogP contribution in [0.5, 0.6) is 0 Å². The van der Waals surface area contributed by atoms with Crippen LogP contribution in [-0.4, -0.2) is 31.5 Å². The SMILES string of the molecule is CCCCCCCCC(NN)C1CCOC2(CCOC2)C1. The van der Waals surface area contributed by atoms with Crippen LogP contribution in [0.1, 0.15) is 71.1 Å². The van der Waals surface area contributed by atoms with Crippen LogP contribution in [0.25, 0.3) is 0 Å². The van der Waals surface area contributed by atoms with Crippen molar-refractivity contribution < 1.29 is 9.47 Å². The van der Waals surface area contributed by atoms with Gasteiger partial charge in [-0.1, -0.05) is 45.4 Å². The Balaban J connectivity index is 1.70. The van der Waals surface area contributed by atoms with Crippen molar-refractivity contribution in [3.05, 3.63) is 0 Å². The van der Waals surface area contributed by atoms with E-state index in [4.69, 9.17) is 15.3 Å². The van der Waals surface area contributed by atoms with E-state index in [0.29, 0.717) is 12.0 Å². The van der Waals surface area contributed by atoms with Crippen LogP contribution in [0.15, 0.2) is 0 Å². The molecule has 4 heteroatoms. The Kier molecular flexibility index (Phi) is 7.44. The lowest BCUT2D eigenvalue weighted by Gasteiger charge is -2.40. The molecule has 3 N–H and O–H groups in total. The molecule has 0 aliphatic carbocycles. The summed E-state index contributed by atoms with van der Waals surface area (Å²) in [6, 6.07) is 0.442. The summed E-state index contributed by atoms with van der Waals surface area (Å²) in [6.07, 6.45) is 12.6. The van der Waals surface area contributed by atoms with Crippen LogP contribution in [0.2, 0.25) is 0 Å². The lowest BCUT2D eigenvalue weighted by molar-refractivity contribution is -0.103. The highest BCUT2D eigenvalue weighted by molar-refractivity contribution is 4.93. The highest BCUT2D eigenvalue weighted by Crippen LogP contribution is 2.37. The van der Waals surface area contributed by atoms with Crippen LogP contribution in [0.3, 0.4) is 0 Å². The van der Waals surface area contributed by atoms with E-state index in [-0.39, 0.29) is 5.60 Å². The van der Waals surface area contributed by atoms with E-state index in [1.165, 1.54) is 44.9 Å². The van der Waals surface area contributed by atoms with Crippen LogP contribution < -0.4 is 11.3 Å². The summed E-state index contributed by atoms with van der Waals surface area (Å²) in [5, 5.41) is 0. The summed E-state index contributed by atoms with van der Waals surface area (Å²) in [6.45, 7) is 4.76. The maximum atomic E-state index is 6.03. The van der Waals surface area contributed by atoms with Crippen molar-refractivity contribution in [2.24, 2.45) is 11.8 Å². The van der Waals surface area contributed by atoms with Crippen molar-refractivity contribution in [2.45, 2.75) is 82.8 Å². The zero-order chi connectivity index (χ0) is 15.0. The second kappa shape index (κ2) is 9.09. The van der Waals surface area contributed by atoms with E-state index in [9.17, 15) is 0 Å². The van der Waals surface area contributed by atoms with Crippen molar-refractivity contribution in [3.63, 3.8) is 0 Å². The lowest BCUT2D eigenvalue weighted by atomic mass is 9.80. The molecule has 4 nitrogen and oxygen atoms in total. The maximum Gasteiger partial charge on any atom is 0.0939 e. The summed E-state index contributed by atoms with van der Waals surface area (Å²) in [5.41, 5.74) is 3.08. The van der Waals surface area contributed by atoms with E-state index in [2.05, 4.69) is 12.3 Å². The average molecular weight is 298 g/mol. The van der Waals surface area contributed by atoms with Gasteiger partial charge >= 0.3 is 0 Å². The first-order chi connectivity index (χ1) is 10.3. The number of nitrogens with one attached hydrogen (secondary N) is 1. The fourth-order valence-corrected chi connectivity index (χ4v) is 3.87. The van der Waals surface area contributed by atoms with E-state index in [1.54, 1.807) is 0 Å². The van der Waals surface area contributed by atoms with Gasteiger partial charge in [0, 0.05) is 25.7 Å². The number of nitrogens with two attached hydrogens (primary N) is 1. The Bertz CT molecular complexity index is 280. The first-order valence-electron chi connectivity index (χ1n) is 8.97. The predicted molar refractivity (Wildman–Crippen MR) is 85.9 cm³/mol. The molecule has 0 aromatic rings. The van der Waals surface area contributed by atoms with E-state index in [0.717, 1.165) is 39.1 Å². The van der Waals surface area contributed by atoms with Crippen molar-refractivity contribution in [2.75, 3.05) is 19.8 Å². The van der Waals surface area contributed by atoms with E-state index in [1.807, 2.05) is 0 Å². The third-order valence-electron chi connectivity index (χ3n) is 5.25. The minimum atomic E-state index is -0.000851. The highest BCUT2D eigenvalue weighted by Gasteiger charge is 2.42. The number of hydrogen-bond acceptors (Lipinski definition) is 4. The first kappa shape index (κ1) is 17.2. The standard InChI is InChI=1S/C17H34N2O2/c1-2-3-4-5-6-7-8-16(19-18)15-9-11-21-17(13-15)10-12-20-14-17/h15-16,19H,2-14,18H2,1H3. The third kappa shape index (κ3) is 5.20. The van der Waals surface area contributed by atoms with Gasteiger partial charge in [-0.3, -0.25) is 11.3 Å². The zero-order valence-electron chi connectivity index (χ0n) is 13.7. The second-order valence-corrected chi connectivity index (χ2v) is 6.92. The molecule has 21 heavy (non-hydrogen) atoms. The molecule has 0 bridgehead atoms. The molecule has 2 aliphatic heterocycles. The highest BCUT2D eigenvalue weighted by atomic mass is 16.6. The van der Waals surface area contributed by atoms with Crippen molar-refractivity contribution >= 4 is 0 Å². The Morgan fingerprint density at radius 1 is 1.19 bits per heavy atom. The van der Waals surface area contributed by atoms with Gasteiger partial charge in [0.1, 0.15) is 0 Å². The van der Waals surface area contributed by atoms with Crippen molar-refractivity contribution in [1.82, 2.24) is 5.43 Å². The molecule has 2 rings (SSSR count). The molecule has 0 aromatic heterocycles. The van der Waals surface area contributed by atoms with Crippen molar-refractivity contribution in [3.8, 4) is 0 Å². The number of rotatable bonds is 9. The van der Waals surface area contributed by atoms with Crippen LogP contribution in [0.4, 0.5) is 0 Å². The normalized spacial score (nSPS) is 30.9. The molecule has 2 heterocycles. The summed E-state index contributed by atoms with van der Waals surface area (Å²) in [5.74, 6) is 6.47. The Morgan fingerprint density at radius 3 is 2.71 bits per heavy atom. The van der Waals surface area contributed by atoms with Gasteiger partial charge in [-0.15, -0.1) is 0 Å².